The smallest absolute Gasteiger partial charge is 0.162 e. The van der Waals surface area contributed by atoms with Gasteiger partial charge in [0.15, 0.2) is 9.84 Å². The Labute approximate surface area is 253 Å². The highest BCUT2D eigenvalue weighted by atomic mass is 32.2. The molecule has 0 amide bonds. The highest BCUT2D eigenvalue weighted by molar-refractivity contribution is 7.91. The van der Waals surface area contributed by atoms with Crippen molar-refractivity contribution in [3.63, 3.8) is 0 Å². The van der Waals surface area contributed by atoms with Crippen molar-refractivity contribution in [1.82, 2.24) is 0 Å². The lowest BCUT2D eigenvalue weighted by Gasteiger charge is -2.27. The number of benzene rings is 4. The van der Waals surface area contributed by atoms with Gasteiger partial charge in [0.2, 0.25) is 0 Å². The number of fused-ring (bicyclic) bond motifs is 1. The van der Waals surface area contributed by atoms with E-state index in [0.29, 0.717) is 45.6 Å². The molecule has 0 heterocycles. The van der Waals surface area contributed by atoms with E-state index in [9.17, 15) is 8.42 Å². The summed E-state index contributed by atoms with van der Waals surface area (Å²) >= 11 is 0. The number of hydrogen-bond acceptors (Lipinski definition) is 8. The van der Waals surface area contributed by atoms with Crippen LogP contribution in [-0.4, -0.2) is 51.1 Å². The Balaban J connectivity index is 1.79. The molecule has 1 aliphatic rings. The van der Waals surface area contributed by atoms with Gasteiger partial charge in [0.25, 0.3) is 0 Å². The fourth-order valence-corrected chi connectivity index (χ4v) is 8.24. The quantitative estimate of drug-likeness (QED) is 0.196. The molecule has 5 rings (SSSR count). The predicted octanol–water partition coefficient (Wildman–Crippen LogP) is 6.32. The molecule has 4 aromatic carbocycles. The van der Waals surface area contributed by atoms with Gasteiger partial charge in [-0.25, -0.2) is 8.42 Å². The average Bonchev–Trinajstić information content (AvgIpc) is 3.40. The van der Waals surface area contributed by atoms with E-state index in [1.807, 2.05) is 42.5 Å². The zero-order valence-corrected chi connectivity index (χ0v) is 25.9. The number of ether oxygens (including phenoxy) is 6. The van der Waals surface area contributed by atoms with Gasteiger partial charge >= 0.3 is 0 Å². The first-order valence-electron chi connectivity index (χ1n) is 13.7. The Bertz CT molecular complexity index is 1660. The molecule has 0 fully saturated rings. The summed E-state index contributed by atoms with van der Waals surface area (Å²) in [6.07, 6.45) is 0. The van der Waals surface area contributed by atoms with E-state index in [1.54, 1.807) is 79.1 Å². The second kappa shape index (κ2) is 12.5. The van der Waals surface area contributed by atoms with Gasteiger partial charge in [0, 0.05) is 29.5 Å². The number of hydrogen-bond donors (Lipinski definition) is 0. The Morgan fingerprint density at radius 1 is 0.558 bits per heavy atom. The van der Waals surface area contributed by atoms with Gasteiger partial charge in [-0.05, 0) is 64.7 Å². The summed E-state index contributed by atoms with van der Waals surface area (Å²) in [4.78, 5) is 0. The molecule has 8 nitrogen and oxygen atoms in total. The highest BCUT2D eigenvalue weighted by Gasteiger charge is 2.50. The van der Waals surface area contributed by atoms with E-state index in [2.05, 4.69) is 0 Å². The van der Waals surface area contributed by atoms with Gasteiger partial charge in [0.1, 0.15) is 34.5 Å². The van der Waals surface area contributed by atoms with Crippen LogP contribution in [0, 0.1) is 0 Å². The van der Waals surface area contributed by atoms with Gasteiger partial charge in [0.05, 0.1) is 53.7 Å². The molecule has 0 saturated heterocycles. The van der Waals surface area contributed by atoms with Gasteiger partial charge in [-0.3, -0.25) is 0 Å². The first-order valence-corrected chi connectivity index (χ1v) is 15.5. The van der Waals surface area contributed by atoms with Crippen molar-refractivity contribution >= 4 is 9.84 Å². The van der Waals surface area contributed by atoms with E-state index >= 15 is 0 Å². The minimum Gasteiger partial charge on any atom is -0.497 e. The largest absolute Gasteiger partial charge is 0.497 e. The topological polar surface area (TPSA) is 89.5 Å². The van der Waals surface area contributed by atoms with Crippen molar-refractivity contribution in [1.29, 1.82) is 0 Å². The molecule has 0 aliphatic heterocycles. The first-order chi connectivity index (χ1) is 20.8. The number of rotatable bonds is 11. The summed E-state index contributed by atoms with van der Waals surface area (Å²) in [5, 5.41) is -0.927. The molecule has 4 aromatic rings. The minimum absolute atomic E-state index is 0.165. The first kappa shape index (κ1) is 30.1. The van der Waals surface area contributed by atoms with Crippen LogP contribution in [0.5, 0.6) is 34.5 Å². The number of sulfone groups is 1. The minimum atomic E-state index is -3.83. The summed E-state index contributed by atoms with van der Waals surface area (Å²) in [6, 6.07) is 23.9. The molecule has 0 spiro atoms. The van der Waals surface area contributed by atoms with E-state index in [1.165, 1.54) is 0 Å². The maximum Gasteiger partial charge on any atom is 0.162 e. The molecule has 0 aromatic heterocycles. The van der Waals surface area contributed by atoms with Crippen LogP contribution in [0.2, 0.25) is 0 Å². The summed E-state index contributed by atoms with van der Waals surface area (Å²) in [5.41, 5.74) is 3.76. The predicted molar refractivity (Wildman–Crippen MR) is 165 cm³/mol. The maximum atomic E-state index is 14.7. The van der Waals surface area contributed by atoms with Crippen LogP contribution in [0.4, 0.5) is 0 Å². The van der Waals surface area contributed by atoms with Crippen LogP contribution in [0.3, 0.4) is 0 Å². The van der Waals surface area contributed by atoms with Gasteiger partial charge in [-0.15, -0.1) is 0 Å². The van der Waals surface area contributed by atoms with Crippen molar-refractivity contribution in [3.8, 4) is 34.5 Å². The molecule has 0 radical (unpaired) electrons. The molecule has 43 heavy (non-hydrogen) atoms. The fraction of sp³-hybridized carbons (Fsp3) is 0.294. The molecule has 0 bridgehead atoms. The molecule has 0 saturated carbocycles. The molecule has 226 valence electrons. The lowest BCUT2D eigenvalue weighted by Crippen LogP contribution is -2.21. The van der Waals surface area contributed by atoms with Crippen LogP contribution in [-0.2, 0) is 15.6 Å². The third kappa shape index (κ3) is 5.82. The zero-order valence-electron chi connectivity index (χ0n) is 25.1. The molecular weight excluding hydrogens is 568 g/mol. The molecule has 9 heteroatoms. The normalized spacial score (nSPS) is 17.6. The standard InChI is InChI=1S/C34H36O8S/c1-37-24-11-7-21(8-12-24)20-43(35,36)34-29-18-28(41-5)19-30(42-6)33(29)31(23-15-26(39-3)17-27(16-23)40-4)32(34)22-9-13-25(38-2)14-10-22/h7-19,31-32,34H,20H2,1-6H3/t31-,32-,34?/m0/s1. The molecular formula is C34H36O8S. The summed E-state index contributed by atoms with van der Waals surface area (Å²) in [5.74, 6) is 2.47. The highest BCUT2D eigenvalue weighted by Crippen LogP contribution is 2.61. The molecule has 1 aliphatic carbocycles. The van der Waals surface area contributed by atoms with Crippen molar-refractivity contribution in [2.75, 3.05) is 42.7 Å². The Hall–Kier alpha value is -4.37. The molecule has 0 N–H and O–H groups in total. The maximum absolute atomic E-state index is 14.7. The molecule has 1 unspecified atom stereocenters. The number of methoxy groups -OCH3 is 6. The Morgan fingerprint density at radius 3 is 1.58 bits per heavy atom. The van der Waals surface area contributed by atoms with Gasteiger partial charge in [-0.1, -0.05) is 24.3 Å². The van der Waals surface area contributed by atoms with E-state index in [4.69, 9.17) is 28.4 Å². The average molecular weight is 605 g/mol. The van der Waals surface area contributed by atoms with Crippen LogP contribution in [0.25, 0.3) is 0 Å². The van der Waals surface area contributed by atoms with Crippen LogP contribution < -0.4 is 28.4 Å². The second-order valence-electron chi connectivity index (χ2n) is 10.3. The third-order valence-corrected chi connectivity index (χ3v) is 10.1. The molecule has 3 atom stereocenters. The second-order valence-corrected chi connectivity index (χ2v) is 12.5. The van der Waals surface area contributed by atoms with E-state index < -0.39 is 26.9 Å². The van der Waals surface area contributed by atoms with Crippen LogP contribution in [0.1, 0.15) is 44.9 Å². The van der Waals surface area contributed by atoms with Crippen LogP contribution in [0.15, 0.2) is 78.9 Å². The Morgan fingerprint density at radius 2 is 1.07 bits per heavy atom. The summed E-state index contributed by atoms with van der Waals surface area (Å²) in [7, 11) is 5.68. The lowest BCUT2D eigenvalue weighted by atomic mass is 9.81. The van der Waals surface area contributed by atoms with Gasteiger partial charge < -0.3 is 28.4 Å². The third-order valence-electron chi connectivity index (χ3n) is 8.05. The van der Waals surface area contributed by atoms with Crippen molar-refractivity contribution in [3.05, 3.63) is 107 Å². The van der Waals surface area contributed by atoms with E-state index in [-0.39, 0.29) is 5.75 Å². The van der Waals surface area contributed by atoms with Crippen molar-refractivity contribution < 1.29 is 36.8 Å². The zero-order chi connectivity index (χ0) is 30.7. The monoisotopic (exact) mass is 604 g/mol. The lowest BCUT2D eigenvalue weighted by molar-refractivity contribution is 0.388. The van der Waals surface area contributed by atoms with Crippen LogP contribution >= 0.6 is 0 Å². The Kier molecular flexibility index (Phi) is 8.73. The fourth-order valence-electron chi connectivity index (χ4n) is 6.06. The SMILES string of the molecule is COc1ccc(CS(=O)(=O)C2c3cc(OC)cc(OC)c3[C@@H](c3cc(OC)cc(OC)c3)[C@@H]2c2ccc(OC)cc2)cc1. The van der Waals surface area contributed by atoms with Gasteiger partial charge in [-0.2, -0.15) is 0 Å². The van der Waals surface area contributed by atoms with Crippen molar-refractivity contribution in [2.24, 2.45) is 0 Å². The summed E-state index contributed by atoms with van der Waals surface area (Å²) < 4.78 is 62.8. The van der Waals surface area contributed by atoms with Crippen molar-refractivity contribution in [2.45, 2.75) is 22.8 Å². The summed E-state index contributed by atoms with van der Waals surface area (Å²) in [6.45, 7) is 0. The van der Waals surface area contributed by atoms with E-state index in [0.717, 1.165) is 16.7 Å².